The van der Waals surface area contributed by atoms with Gasteiger partial charge in [0, 0.05) is 23.5 Å². The molecule has 0 aliphatic heterocycles. The van der Waals surface area contributed by atoms with E-state index < -0.39 is 4.93 Å². The molecule has 0 radical (unpaired) electrons. The zero-order valence-corrected chi connectivity index (χ0v) is 28.5. The van der Waals surface area contributed by atoms with Gasteiger partial charge in [-0.25, -0.2) is 0 Å². The molecule has 0 saturated carbocycles. The smallest absolute Gasteiger partial charge is 0.251 e. The van der Waals surface area contributed by atoms with Crippen molar-refractivity contribution >= 4 is 33.4 Å². The van der Waals surface area contributed by atoms with Gasteiger partial charge in [0.05, 0.1) is 52.8 Å². The van der Waals surface area contributed by atoms with E-state index in [2.05, 4.69) is 42.6 Å². The predicted molar refractivity (Wildman–Crippen MR) is 177 cm³/mol. The van der Waals surface area contributed by atoms with Crippen molar-refractivity contribution in [3.63, 3.8) is 0 Å². The van der Waals surface area contributed by atoms with E-state index >= 15 is 0 Å². The SMILES string of the molecule is C#CCNC(=O)COCCOC(C)(COc1cccc(C(=O)NCCOCCOCCOCCCNC)c1)SSC(C)(C)C. The average molecular weight is 658 g/mol. The van der Waals surface area contributed by atoms with Gasteiger partial charge in [-0.1, -0.05) is 54.3 Å². The second-order valence-electron chi connectivity index (χ2n) is 10.7. The van der Waals surface area contributed by atoms with Crippen molar-refractivity contribution in [1.82, 2.24) is 16.0 Å². The van der Waals surface area contributed by atoms with Crippen LogP contribution in [-0.2, 0) is 28.5 Å². The van der Waals surface area contributed by atoms with Crippen LogP contribution in [0, 0.1) is 12.3 Å². The Hall–Kier alpha value is -2.02. The molecule has 1 unspecified atom stereocenters. The highest BCUT2D eigenvalue weighted by Crippen LogP contribution is 2.44. The summed E-state index contributed by atoms with van der Waals surface area (Å²) in [6, 6.07) is 7.00. The Morgan fingerprint density at radius 1 is 0.864 bits per heavy atom. The molecule has 250 valence electrons. The third kappa shape index (κ3) is 21.6. The molecule has 1 atom stereocenters. The van der Waals surface area contributed by atoms with Gasteiger partial charge in [-0.05, 0) is 45.1 Å². The van der Waals surface area contributed by atoms with Crippen LogP contribution in [0.25, 0.3) is 0 Å². The van der Waals surface area contributed by atoms with Gasteiger partial charge < -0.3 is 44.4 Å². The molecule has 0 spiro atoms. The number of hydrogen-bond acceptors (Lipinski definition) is 11. The van der Waals surface area contributed by atoms with E-state index in [1.165, 1.54) is 0 Å². The summed E-state index contributed by atoms with van der Waals surface area (Å²) in [5.74, 6) is 2.40. The highest BCUT2D eigenvalue weighted by molar-refractivity contribution is 8.77. The van der Waals surface area contributed by atoms with E-state index in [1.807, 2.05) is 14.0 Å². The van der Waals surface area contributed by atoms with Crippen LogP contribution in [0.15, 0.2) is 24.3 Å². The number of ether oxygens (including phenoxy) is 6. The molecule has 2 amide bonds. The van der Waals surface area contributed by atoms with Crippen molar-refractivity contribution in [3.8, 4) is 18.1 Å². The third-order valence-electron chi connectivity index (χ3n) is 5.31. The summed E-state index contributed by atoms with van der Waals surface area (Å²) in [5.41, 5.74) is 0.483. The van der Waals surface area contributed by atoms with Crippen molar-refractivity contribution < 1.29 is 38.0 Å². The van der Waals surface area contributed by atoms with Crippen molar-refractivity contribution in [2.45, 2.75) is 43.8 Å². The molecular weight excluding hydrogens is 606 g/mol. The Labute approximate surface area is 271 Å². The Morgan fingerprint density at radius 3 is 2.23 bits per heavy atom. The van der Waals surface area contributed by atoms with Crippen molar-refractivity contribution in [1.29, 1.82) is 0 Å². The lowest BCUT2D eigenvalue weighted by Gasteiger charge is -2.31. The first-order valence-electron chi connectivity index (χ1n) is 14.8. The molecule has 0 heterocycles. The molecule has 1 aromatic carbocycles. The van der Waals surface area contributed by atoms with Crippen LogP contribution in [-0.4, -0.2) is 114 Å². The molecule has 3 N–H and O–H groups in total. The average Bonchev–Trinajstić information content (AvgIpc) is 3.00. The normalized spacial score (nSPS) is 12.7. The lowest BCUT2D eigenvalue weighted by Crippen LogP contribution is -2.34. The van der Waals surface area contributed by atoms with Gasteiger partial charge in [0.1, 0.15) is 19.0 Å². The zero-order chi connectivity index (χ0) is 32.5. The van der Waals surface area contributed by atoms with Gasteiger partial charge >= 0.3 is 0 Å². The topological polar surface area (TPSA) is 126 Å². The Kier molecular flexibility index (Phi) is 22.0. The fourth-order valence-electron chi connectivity index (χ4n) is 3.16. The molecule has 1 aromatic rings. The van der Waals surface area contributed by atoms with Gasteiger partial charge in [-0.3, -0.25) is 9.59 Å². The lowest BCUT2D eigenvalue weighted by atomic mass is 10.2. The van der Waals surface area contributed by atoms with E-state index in [0.717, 1.165) is 13.0 Å². The second kappa shape index (κ2) is 24.2. The van der Waals surface area contributed by atoms with Crippen LogP contribution < -0.4 is 20.7 Å². The number of benzene rings is 1. The van der Waals surface area contributed by atoms with E-state index in [-0.39, 0.29) is 49.5 Å². The molecule has 0 saturated heterocycles. The van der Waals surface area contributed by atoms with Crippen molar-refractivity contribution in [3.05, 3.63) is 29.8 Å². The summed E-state index contributed by atoms with van der Waals surface area (Å²) in [4.78, 5) is 23.6. The molecule has 44 heavy (non-hydrogen) atoms. The van der Waals surface area contributed by atoms with E-state index in [4.69, 9.17) is 34.8 Å². The lowest BCUT2D eigenvalue weighted by molar-refractivity contribution is -0.126. The third-order valence-corrected chi connectivity index (χ3v) is 9.29. The van der Waals surface area contributed by atoms with E-state index in [1.54, 1.807) is 45.9 Å². The molecule has 0 aliphatic carbocycles. The maximum Gasteiger partial charge on any atom is 0.251 e. The van der Waals surface area contributed by atoms with Crippen LogP contribution in [0.1, 0.15) is 44.5 Å². The van der Waals surface area contributed by atoms with Gasteiger partial charge in [-0.15, -0.1) is 6.42 Å². The Balaban J connectivity index is 2.41. The number of carbonyl (C=O) groups is 2. The fraction of sp³-hybridized carbons (Fsp3) is 0.677. The first-order chi connectivity index (χ1) is 21.1. The minimum absolute atomic E-state index is 0.00356. The highest BCUT2D eigenvalue weighted by atomic mass is 33.1. The maximum atomic E-state index is 12.7. The molecule has 0 fully saturated rings. The molecule has 0 aliphatic rings. The largest absolute Gasteiger partial charge is 0.490 e. The van der Waals surface area contributed by atoms with E-state index in [0.29, 0.717) is 57.5 Å². The summed E-state index contributed by atoms with van der Waals surface area (Å²) in [6.45, 7) is 13.5. The minimum atomic E-state index is -0.717. The summed E-state index contributed by atoms with van der Waals surface area (Å²) in [6.07, 6.45) is 6.11. The first kappa shape index (κ1) is 40.0. The molecule has 0 bridgehead atoms. The van der Waals surface area contributed by atoms with Crippen LogP contribution in [0.3, 0.4) is 0 Å². The predicted octanol–water partition coefficient (Wildman–Crippen LogP) is 3.13. The van der Waals surface area contributed by atoms with Gasteiger partial charge in [0.2, 0.25) is 5.91 Å². The van der Waals surface area contributed by atoms with Gasteiger partial charge in [0.15, 0.2) is 4.93 Å². The quantitative estimate of drug-likeness (QED) is 0.0589. The summed E-state index contributed by atoms with van der Waals surface area (Å²) < 4.78 is 34.1. The number of carbonyl (C=O) groups excluding carboxylic acids is 2. The first-order valence-corrected chi connectivity index (χ1v) is 16.9. The highest BCUT2D eigenvalue weighted by Gasteiger charge is 2.30. The Bertz CT molecular complexity index is 974. The molecular formula is C31H51N3O8S2. The van der Waals surface area contributed by atoms with Crippen LogP contribution in [0.4, 0.5) is 0 Å². The van der Waals surface area contributed by atoms with Gasteiger partial charge in [-0.2, -0.15) is 0 Å². The Morgan fingerprint density at radius 2 is 1.55 bits per heavy atom. The van der Waals surface area contributed by atoms with Gasteiger partial charge in [0.25, 0.3) is 5.91 Å². The van der Waals surface area contributed by atoms with Crippen molar-refractivity contribution in [2.75, 3.05) is 92.8 Å². The number of terminal acetylenes is 1. The molecule has 1 rings (SSSR count). The zero-order valence-electron chi connectivity index (χ0n) is 26.9. The number of hydrogen-bond donors (Lipinski definition) is 3. The van der Waals surface area contributed by atoms with Crippen molar-refractivity contribution in [2.24, 2.45) is 0 Å². The second-order valence-corrected chi connectivity index (χ2v) is 14.1. The number of rotatable bonds is 26. The summed E-state index contributed by atoms with van der Waals surface area (Å²) >= 11 is 0. The van der Waals surface area contributed by atoms with Crippen LogP contribution >= 0.6 is 21.6 Å². The number of amides is 2. The minimum Gasteiger partial charge on any atom is -0.490 e. The molecule has 13 heteroatoms. The van der Waals surface area contributed by atoms with E-state index in [9.17, 15) is 9.59 Å². The summed E-state index contributed by atoms with van der Waals surface area (Å²) in [7, 11) is 5.16. The monoisotopic (exact) mass is 657 g/mol. The number of nitrogens with one attached hydrogen (secondary N) is 3. The fourth-order valence-corrected chi connectivity index (χ4v) is 5.39. The van der Waals surface area contributed by atoms with Crippen LogP contribution in [0.5, 0.6) is 5.75 Å². The maximum absolute atomic E-state index is 12.7. The molecule has 11 nitrogen and oxygen atoms in total. The van der Waals surface area contributed by atoms with Crippen LogP contribution in [0.2, 0.25) is 0 Å². The summed E-state index contributed by atoms with van der Waals surface area (Å²) in [5, 5.41) is 8.48. The molecule has 0 aromatic heterocycles. The standard InChI is InChI=1S/C31H51N3O8S2/c1-7-12-33-28(35)24-40-21-22-42-31(5,44-43-30(2,3)4)25-41-27-11-8-10-26(23-27)29(36)34-14-16-38-18-20-39-19-17-37-15-9-13-32-6/h1,8,10-11,23,32H,9,12-22,24-25H2,2-6H3,(H,33,35)(H,34,36).